The van der Waals surface area contributed by atoms with E-state index in [-0.39, 0.29) is 11.3 Å². The minimum Gasteiger partial charge on any atom is -0.507 e. The number of halogens is 2. The number of benzene rings is 2. The SMILES string of the molecule is Cc1c(Cl)cccc1N1C(=O)C(=O)/C(=C(/O)c2ccc(Br)cc2)C1c1cccnc1. The molecule has 1 aliphatic rings. The summed E-state index contributed by atoms with van der Waals surface area (Å²) in [5, 5.41) is 11.5. The average molecular weight is 484 g/mol. The van der Waals surface area contributed by atoms with Crippen LogP contribution >= 0.6 is 27.5 Å². The molecule has 0 saturated carbocycles. The van der Waals surface area contributed by atoms with E-state index >= 15 is 0 Å². The predicted octanol–water partition coefficient (Wildman–Crippen LogP) is 5.43. The topological polar surface area (TPSA) is 70.5 Å². The molecule has 1 fully saturated rings. The molecule has 0 aliphatic carbocycles. The quantitative estimate of drug-likeness (QED) is 0.306. The first-order valence-corrected chi connectivity index (χ1v) is 10.3. The Bertz CT molecular complexity index is 1180. The summed E-state index contributed by atoms with van der Waals surface area (Å²) < 4.78 is 0.831. The third-order valence-electron chi connectivity index (χ3n) is 5.06. The lowest BCUT2D eigenvalue weighted by Crippen LogP contribution is -2.30. The maximum Gasteiger partial charge on any atom is 0.300 e. The highest BCUT2D eigenvalue weighted by molar-refractivity contribution is 9.10. The molecule has 5 nitrogen and oxygen atoms in total. The fourth-order valence-corrected chi connectivity index (χ4v) is 3.99. The van der Waals surface area contributed by atoms with E-state index in [1.165, 1.54) is 4.90 Å². The number of carbonyl (C=O) groups excluding carboxylic acids is 2. The molecule has 0 bridgehead atoms. The monoisotopic (exact) mass is 482 g/mol. The summed E-state index contributed by atoms with van der Waals surface area (Å²) in [6.45, 7) is 1.78. The number of hydrogen-bond donors (Lipinski definition) is 1. The van der Waals surface area contributed by atoms with Crippen LogP contribution in [-0.4, -0.2) is 21.8 Å². The molecule has 1 unspecified atom stereocenters. The molecule has 150 valence electrons. The second-order valence-corrected chi connectivity index (χ2v) is 8.17. The van der Waals surface area contributed by atoms with Crippen LogP contribution in [0, 0.1) is 6.92 Å². The first-order chi connectivity index (χ1) is 14.4. The molecule has 0 spiro atoms. The number of hydrogen-bond acceptors (Lipinski definition) is 4. The fraction of sp³-hybridized carbons (Fsp3) is 0.0870. The van der Waals surface area contributed by atoms with Crippen molar-refractivity contribution in [1.82, 2.24) is 4.98 Å². The van der Waals surface area contributed by atoms with Crippen LogP contribution in [0.5, 0.6) is 0 Å². The van der Waals surface area contributed by atoms with Crippen LogP contribution < -0.4 is 4.90 Å². The van der Waals surface area contributed by atoms with Crippen molar-refractivity contribution in [2.75, 3.05) is 4.90 Å². The summed E-state index contributed by atoms with van der Waals surface area (Å²) in [7, 11) is 0. The van der Waals surface area contributed by atoms with E-state index in [9.17, 15) is 14.7 Å². The second kappa shape index (κ2) is 8.05. The van der Waals surface area contributed by atoms with E-state index in [2.05, 4.69) is 20.9 Å². The van der Waals surface area contributed by atoms with Crippen LogP contribution in [0.3, 0.4) is 0 Å². The van der Waals surface area contributed by atoms with Gasteiger partial charge in [0, 0.05) is 33.1 Å². The molecule has 7 heteroatoms. The Kier molecular flexibility index (Phi) is 5.45. The number of pyridine rings is 1. The fourth-order valence-electron chi connectivity index (χ4n) is 3.55. The van der Waals surface area contributed by atoms with Gasteiger partial charge in [-0.1, -0.05) is 51.8 Å². The standard InChI is InChI=1S/C23H16BrClN2O3/c1-13-17(25)5-2-6-18(13)27-20(15-4-3-11-26-12-15)19(22(29)23(27)30)21(28)14-7-9-16(24)10-8-14/h2-12,20,28H,1H3/b21-19+. The Morgan fingerprint density at radius 3 is 2.50 bits per heavy atom. The Balaban J connectivity index is 1.97. The maximum absolute atomic E-state index is 13.1. The largest absolute Gasteiger partial charge is 0.507 e. The molecule has 0 radical (unpaired) electrons. The van der Waals surface area contributed by atoms with Gasteiger partial charge in [0.15, 0.2) is 0 Å². The number of rotatable bonds is 3. The van der Waals surface area contributed by atoms with E-state index in [4.69, 9.17) is 11.6 Å². The Morgan fingerprint density at radius 2 is 1.83 bits per heavy atom. The van der Waals surface area contributed by atoms with Crippen molar-refractivity contribution in [1.29, 1.82) is 0 Å². The maximum atomic E-state index is 13.1. The first-order valence-electron chi connectivity index (χ1n) is 9.12. The molecule has 4 rings (SSSR count). The molecule has 1 aromatic heterocycles. The molecule has 1 amide bonds. The summed E-state index contributed by atoms with van der Waals surface area (Å²) in [5.74, 6) is -1.73. The van der Waals surface area contributed by atoms with Crippen molar-refractivity contribution < 1.29 is 14.7 Å². The minimum absolute atomic E-state index is 0.00898. The summed E-state index contributed by atoms with van der Waals surface area (Å²) in [6.07, 6.45) is 3.19. The number of ketones is 1. The Labute approximate surface area is 186 Å². The number of aliphatic hydroxyl groups is 1. The zero-order chi connectivity index (χ0) is 21.4. The van der Waals surface area contributed by atoms with E-state index in [0.717, 1.165) is 4.47 Å². The highest BCUT2D eigenvalue weighted by Crippen LogP contribution is 2.43. The number of nitrogens with zero attached hydrogens (tertiary/aromatic N) is 2. The van der Waals surface area contributed by atoms with Gasteiger partial charge in [-0.05, 0) is 48.4 Å². The van der Waals surface area contributed by atoms with E-state index in [1.54, 1.807) is 73.9 Å². The average Bonchev–Trinajstić information content (AvgIpc) is 3.01. The highest BCUT2D eigenvalue weighted by atomic mass is 79.9. The lowest BCUT2D eigenvalue weighted by atomic mass is 9.96. The van der Waals surface area contributed by atoms with Gasteiger partial charge in [0.1, 0.15) is 5.76 Å². The molecule has 1 N–H and O–H groups in total. The van der Waals surface area contributed by atoms with Gasteiger partial charge in [-0.25, -0.2) is 0 Å². The van der Waals surface area contributed by atoms with Crippen molar-refractivity contribution in [2.45, 2.75) is 13.0 Å². The van der Waals surface area contributed by atoms with Gasteiger partial charge in [0.05, 0.1) is 11.6 Å². The summed E-state index contributed by atoms with van der Waals surface area (Å²) in [6, 6.07) is 14.7. The second-order valence-electron chi connectivity index (χ2n) is 6.85. The van der Waals surface area contributed by atoms with Crippen LogP contribution in [0.2, 0.25) is 5.02 Å². The van der Waals surface area contributed by atoms with Crippen LogP contribution in [-0.2, 0) is 9.59 Å². The molecule has 2 aromatic carbocycles. The first kappa shape index (κ1) is 20.3. The molecule has 1 saturated heterocycles. The van der Waals surface area contributed by atoms with E-state index in [1.807, 2.05) is 0 Å². The van der Waals surface area contributed by atoms with Gasteiger partial charge in [-0.3, -0.25) is 19.5 Å². The number of Topliss-reactive ketones (excluding diaryl/α,β-unsaturated/α-hetero) is 1. The zero-order valence-corrected chi connectivity index (χ0v) is 18.2. The number of anilines is 1. The van der Waals surface area contributed by atoms with Crippen LogP contribution in [0.25, 0.3) is 5.76 Å². The lowest BCUT2D eigenvalue weighted by molar-refractivity contribution is -0.132. The molecule has 1 aliphatic heterocycles. The van der Waals surface area contributed by atoms with Crippen molar-refractivity contribution in [3.63, 3.8) is 0 Å². The smallest absolute Gasteiger partial charge is 0.300 e. The van der Waals surface area contributed by atoms with Gasteiger partial charge in [0.2, 0.25) is 0 Å². The van der Waals surface area contributed by atoms with Gasteiger partial charge in [-0.15, -0.1) is 0 Å². The van der Waals surface area contributed by atoms with Crippen LogP contribution in [0.1, 0.15) is 22.7 Å². The highest BCUT2D eigenvalue weighted by Gasteiger charge is 2.47. The molecular formula is C23H16BrClN2O3. The summed E-state index contributed by atoms with van der Waals surface area (Å²) >= 11 is 9.63. The molecular weight excluding hydrogens is 468 g/mol. The molecule has 1 atom stereocenters. The molecule has 2 heterocycles. The van der Waals surface area contributed by atoms with Crippen molar-refractivity contribution in [3.8, 4) is 0 Å². The Morgan fingerprint density at radius 1 is 1.10 bits per heavy atom. The van der Waals surface area contributed by atoms with Gasteiger partial charge in [-0.2, -0.15) is 0 Å². The third-order valence-corrected chi connectivity index (χ3v) is 6.00. The van der Waals surface area contributed by atoms with Gasteiger partial charge >= 0.3 is 0 Å². The number of amides is 1. The predicted molar refractivity (Wildman–Crippen MR) is 119 cm³/mol. The number of aromatic nitrogens is 1. The van der Waals surface area contributed by atoms with Crippen LogP contribution in [0.4, 0.5) is 5.69 Å². The van der Waals surface area contributed by atoms with Crippen molar-refractivity contribution >= 4 is 50.7 Å². The van der Waals surface area contributed by atoms with Gasteiger partial charge < -0.3 is 5.11 Å². The summed E-state index contributed by atoms with van der Waals surface area (Å²) in [4.78, 5) is 31.7. The third kappa shape index (κ3) is 3.42. The number of carbonyl (C=O) groups is 2. The van der Waals surface area contributed by atoms with Crippen molar-refractivity contribution in [3.05, 3.63) is 98.7 Å². The summed E-state index contributed by atoms with van der Waals surface area (Å²) in [5.41, 5.74) is 2.23. The minimum atomic E-state index is -0.834. The van der Waals surface area contributed by atoms with E-state index < -0.39 is 17.7 Å². The molecule has 30 heavy (non-hydrogen) atoms. The van der Waals surface area contributed by atoms with Crippen LogP contribution in [0.15, 0.2) is 77.0 Å². The zero-order valence-electron chi connectivity index (χ0n) is 15.8. The normalized spacial score (nSPS) is 18.1. The van der Waals surface area contributed by atoms with Crippen molar-refractivity contribution in [2.24, 2.45) is 0 Å². The van der Waals surface area contributed by atoms with Gasteiger partial charge in [0.25, 0.3) is 11.7 Å². The Hall–Kier alpha value is -2.96. The van der Waals surface area contributed by atoms with E-state index in [0.29, 0.717) is 27.4 Å². The lowest BCUT2D eigenvalue weighted by Gasteiger charge is -2.26. The number of aliphatic hydroxyl groups excluding tert-OH is 1. The molecule has 3 aromatic rings.